The lowest BCUT2D eigenvalue weighted by molar-refractivity contribution is -0.120. The number of carbonyl (C=O) groups excluding carboxylic acids is 1. The van der Waals surface area contributed by atoms with Crippen LogP contribution in [-0.2, 0) is 16.6 Å². The molecular formula is C19H24N2O2. The van der Waals surface area contributed by atoms with Gasteiger partial charge >= 0.3 is 0 Å². The van der Waals surface area contributed by atoms with Crippen LogP contribution in [0.15, 0.2) is 42.5 Å². The second kappa shape index (κ2) is 6.73. The van der Waals surface area contributed by atoms with Crippen LogP contribution in [0, 0.1) is 0 Å². The normalized spacial score (nSPS) is 11.1. The molecule has 0 fully saturated rings. The SMILES string of the molecule is CCc1ccc(C(C)(C)C(=O)Nc2ccc(OC)c(N)c2)cc1. The summed E-state index contributed by atoms with van der Waals surface area (Å²) in [5, 5.41) is 2.93. The monoisotopic (exact) mass is 312 g/mol. The molecule has 122 valence electrons. The minimum Gasteiger partial charge on any atom is -0.495 e. The van der Waals surface area contributed by atoms with E-state index in [9.17, 15) is 4.79 Å². The first-order valence-electron chi connectivity index (χ1n) is 7.73. The maximum Gasteiger partial charge on any atom is 0.234 e. The molecule has 0 aliphatic carbocycles. The third kappa shape index (κ3) is 3.65. The summed E-state index contributed by atoms with van der Waals surface area (Å²) in [7, 11) is 1.56. The van der Waals surface area contributed by atoms with E-state index in [1.54, 1.807) is 25.3 Å². The van der Waals surface area contributed by atoms with Crippen molar-refractivity contribution < 1.29 is 9.53 Å². The van der Waals surface area contributed by atoms with Crippen molar-refractivity contribution in [3.05, 3.63) is 53.6 Å². The van der Waals surface area contributed by atoms with Gasteiger partial charge in [-0.3, -0.25) is 4.79 Å². The van der Waals surface area contributed by atoms with Crippen LogP contribution in [0.3, 0.4) is 0 Å². The van der Waals surface area contributed by atoms with Crippen molar-refractivity contribution in [2.45, 2.75) is 32.6 Å². The standard InChI is InChI=1S/C19H24N2O2/c1-5-13-6-8-14(9-7-13)19(2,3)18(22)21-15-10-11-17(23-4)16(20)12-15/h6-12H,5,20H2,1-4H3,(H,21,22). The molecule has 0 radical (unpaired) electrons. The van der Waals surface area contributed by atoms with Crippen molar-refractivity contribution in [3.8, 4) is 5.75 Å². The molecule has 0 saturated carbocycles. The fourth-order valence-corrected chi connectivity index (χ4v) is 2.39. The van der Waals surface area contributed by atoms with Crippen LogP contribution < -0.4 is 15.8 Å². The second-order valence-corrected chi connectivity index (χ2v) is 6.09. The van der Waals surface area contributed by atoms with Gasteiger partial charge in [0, 0.05) is 5.69 Å². The number of ether oxygens (including phenoxy) is 1. The number of nitrogens with two attached hydrogens (primary N) is 1. The zero-order valence-corrected chi connectivity index (χ0v) is 14.1. The van der Waals surface area contributed by atoms with Gasteiger partial charge in [-0.25, -0.2) is 0 Å². The molecule has 0 atom stereocenters. The Bertz CT molecular complexity index is 691. The number of hydrogen-bond donors (Lipinski definition) is 2. The van der Waals surface area contributed by atoms with Crippen LogP contribution in [0.25, 0.3) is 0 Å². The smallest absolute Gasteiger partial charge is 0.234 e. The summed E-state index contributed by atoms with van der Waals surface area (Å²) in [6, 6.07) is 13.4. The average molecular weight is 312 g/mol. The molecule has 4 heteroatoms. The van der Waals surface area contributed by atoms with Crippen LogP contribution >= 0.6 is 0 Å². The second-order valence-electron chi connectivity index (χ2n) is 6.09. The molecular weight excluding hydrogens is 288 g/mol. The van der Waals surface area contributed by atoms with Crippen LogP contribution in [0.2, 0.25) is 0 Å². The molecule has 4 nitrogen and oxygen atoms in total. The first-order valence-corrected chi connectivity index (χ1v) is 7.73. The van der Waals surface area contributed by atoms with Gasteiger partial charge in [0.2, 0.25) is 5.91 Å². The van der Waals surface area contributed by atoms with E-state index in [1.807, 2.05) is 26.0 Å². The lowest BCUT2D eigenvalue weighted by atomic mass is 9.83. The largest absolute Gasteiger partial charge is 0.495 e. The van der Waals surface area contributed by atoms with Crippen LogP contribution in [0.4, 0.5) is 11.4 Å². The molecule has 0 bridgehead atoms. The number of anilines is 2. The van der Waals surface area contributed by atoms with Crippen LogP contribution in [-0.4, -0.2) is 13.0 Å². The molecule has 0 saturated heterocycles. The predicted octanol–water partition coefficient (Wildman–Crippen LogP) is 3.76. The molecule has 0 heterocycles. The molecule has 2 rings (SSSR count). The Morgan fingerprint density at radius 3 is 2.35 bits per heavy atom. The van der Waals surface area contributed by atoms with E-state index in [2.05, 4.69) is 24.4 Å². The zero-order chi connectivity index (χ0) is 17.0. The number of hydrogen-bond acceptors (Lipinski definition) is 3. The fourth-order valence-electron chi connectivity index (χ4n) is 2.39. The Balaban J connectivity index is 2.19. The summed E-state index contributed by atoms with van der Waals surface area (Å²) in [6.45, 7) is 5.94. The molecule has 0 aliphatic heterocycles. The highest BCUT2D eigenvalue weighted by atomic mass is 16.5. The molecule has 2 aromatic carbocycles. The van der Waals surface area contributed by atoms with Gasteiger partial charge in [0.25, 0.3) is 0 Å². The number of nitrogens with one attached hydrogen (secondary N) is 1. The van der Waals surface area contributed by atoms with Gasteiger partial charge in [0.05, 0.1) is 18.2 Å². The summed E-state index contributed by atoms with van der Waals surface area (Å²) in [5.74, 6) is 0.517. The fraction of sp³-hybridized carbons (Fsp3) is 0.316. The van der Waals surface area contributed by atoms with Gasteiger partial charge in [-0.1, -0.05) is 31.2 Å². The van der Waals surface area contributed by atoms with Crippen molar-refractivity contribution in [2.75, 3.05) is 18.2 Å². The maximum absolute atomic E-state index is 12.7. The van der Waals surface area contributed by atoms with E-state index in [0.29, 0.717) is 17.1 Å². The Labute approximate surface area is 137 Å². The number of rotatable bonds is 5. The van der Waals surface area contributed by atoms with Crippen molar-refractivity contribution in [2.24, 2.45) is 0 Å². The lowest BCUT2D eigenvalue weighted by Gasteiger charge is -2.24. The van der Waals surface area contributed by atoms with Crippen molar-refractivity contribution in [1.29, 1.82) is 0 Å². The van der Waals surface area contributed by atoms with Gasteiger partial charge in [0.15, 0.2) is 0 Å². The van der Waals surface area contributed by atoms with E-state index >= 15 is 0 Å². The Morgan fingerprint density at radius 1 is 1.17 bits per heavy atom. The Morgan fingerprint density at radius 2 is 1.83 bits per heavy atom. The number of aryl methyl sites for hydroxylation is 1. The lowest BCUT2D eigenvalue weighted by Crippen LogP contribution is -2.34. The van der Waals surface area contributed by atoms with Gasteiger partial charge in [-0.05, 0) is 49.6 Å². The zero-order valence-electron chi connectivity index (χ0n) is 14.1. The number of methoxy groups -OCH3 is 1. The Hall–Kier alpha value is -2.49. The topological polar surface area (TPSA) is 64.3 Å². The summed E-state index contributed by atoms with van der Waals surface area (Å²) in [4.78, 5) is 12.7. The van der Waals surface area contributed by atoms with Crippen molar-refractivity contribution >= 4 is 17.3 Å². The first-order chi connectivity index (χ1) is 10.9. The maximum atomic E-state index is 12.7. The van der Waals surface area contributed by atoms with Gasteiger partial charge in [-0.2, -0.15) is 0 Å². The number of benzene rings is 2. The summed E-state index contributed by atoms with van der Waals surface area (Å²) >= 11 is 0. The van der Waals surface area contributed by atoms with Gasteiger partial charge < -0.3 is 15.8 Å². The minimum atomic E-state index is -0.638. The quantitative estimate of drug-likeness (QED) is 0.826. The molecule has 1 amide bonds. The van der Waals surface area contributed by atoms with Crippen molar-refractivity contribution in [3.63, 3.8) is 0 Å². The molecule has 0 unspecified atom stereocenters. The van der Waals surface area contributed by atoms with E-state index in [4.69, 9.17) is 10.5 Å². The molecule has 0 aliphatic rings. The predicted molar refractivity (Wildman–Crippen MR) is 94.9 cm³/mol. The molecule has 2 aromatic rings. The van der Waals surface area contributed by atoms with Gasteiger partial charge in [0.1, 0.15) is 5.75 Å². The number of carbonyl (C=O) groups is 1. The molecule has 0 spiro atoms. The highest BCUT2D eigenvalue weighted by Crippen LogP contribution is 2.28. The molecule has 23 heavy (non-hydrogen) atoms. The summed E-state index contributed by atoms with van der Waals surface area (Å²) in [6.07, 6.45) is 0.984. The third-order valence-corrected chi connectivity index (χ3v) is 4.14. The van der Waals surface area contributed by atoms with E-state index in [1.165, 1.54) is 5.56 Å². The minimum absolute atomic E-state index is 0.0775. The Kier molecular flexibility index (Phi) is 4.94. The molecule has 3 N–H and O–H groups in total. The summed E-state index contributed by atoms with van der Waals surface area (Å²) < 4.78 is 5.13. The van der Waals surface area contributed by atoms with Crippen LogP contribution in [0.1, 0.15) is 31.9 Å². The van der Waals surface area contributed by atoms with E-state index in [0.717, 1.165) is 12.0 Å². The van der Waals surface area contributed by atoms with Crippen molar-refractivity contribution in [1.82, 2.24) is 0 Å². The molecule has 0 aromatic heterocycles. The van der Waals surface area contributed by atoms with Crippen LogP contribution in [0.5, 0.6) is 5.75 Å². The highest BCUT2D eigenvalue weighted by molar-refractivity contribution is 5.99. The van der Waals surface area contributed by atoms with Gasteiger partial charge in [-0.15, -0.1) is 0 Å². The number of amides is 1. The summed E-state index contributed by atoms with van der Waals surface area (Å²) in [5.41, 5.74) is 8.64. The van der Waals surface area contributed by atoms with E-state index in [-0.39, 0.29) is 5.91 Å². The highest BCUT2D eigenvalue weighted by Gasteiger charge is 2.29. The average Bonchev–Trinajstić information content (AvgIpc) is 2.55. The first kappa shape index (κ1) is 16.9. The van der Waals surface area contributed by atoms with E-state index < -0.39 is 5.41 Å². The number of nitrogen functional groups attached to an aromatic ring is 1. The third-order valence-electron chi connectivity index (χ3n) is 4.14.